The number of hydrogen-bond donors (Lipinski definition) is 0. The maximum absolute atomic E-state index is 12.6. The van der Waals surface area contributed by atoms with E-state index in [4.69, 9.17) is 4.74 Å². The van der Waals surface area contributed by atoms with Gasteiger partial charge in [0.15, 0.2) is 0 Å². The van der Waals surface area contributed by atoms with E-state index in [2.05, 4.69) is 0 Å². The van der Waals surface area contributed by atoms with Crippen LogP contribution in [0.25, 0.3) is 0 Å². The Morgan fingerprint density at radius 1 is 1.24 bits per heavy atom. The molecule has 0 radical (unpaired) electrons. The van der Waals surface area contributed by atoms with Crippen LogP contribution in [-0.4, -0.2) is 17.4 Å². The average Bonchev–Trinajstić information content (AvgIpc) is 2.76. The maximum Gasteiger partial charge on any atom is 0.314 e. The minimum absolute atomic E-state index is 0.0649. The van der Waals surface area contributed by atoms with Gasteiger partial charge in [-0.15, -0.1) is 0 Å². The Morgan fingerprint density at radius 3 is 2.33 bits per heavy atom. The van der Waals surface area contributed by atoms with E-state index in [1.807, 2.05) is 52.0 Å². The summed E-state index contributed by atoms with van der Waals surface area (Å²) in [6.45, 7) is 7.63. The molecule has 2 unspecified atom stereocenters. The Morgan fingerprint density at radius 2 is 1.86 bits per heavy atom. The molecule has 3 nitrogen and oxygen atoms in total. The van der Waals surface area contributed by atoms with E-state index in [-0.39, 0.29) is 23.6 Å². The van der Waals surface area contributed by atoms with Crippen molar-refractivity contribution >= 4 is 11.8 Å². The molecular formula is C18H24O3. The number of Topliss-reactive ketones (excluding diaryl/α,β-unsaturated/α-hetero) is 1. The van der Waals surface area contributed by atoms with E-state index in [0.717, 1.165) is 17.5 Å². The quantitative estimate of drug-likeness (QED) is 0.795. The van der Waals surface area contributed by atoms with Crippen molar-refractivity contribution < 1.29 is 14.3 Å². The van der Waals surface area contributed by atoms with Crippen LogP contribution in [0.4, 0.5) is 0 Å². The Labute approximate surface area is 126 Å². The molecule has 1 aliphatic carbocycles. The van der Waals surface area contributed by atoms with Crippen LogP contribution in [0.1, 0.15) is 57.1 Å². The van der Waals surface area contributed by atoms with Gasteiger partial charge in [-0.2, -0.15) is 0 Å². The topological polar surface area (TPSA) is 43.4 Å². The van der Waals surface area contributed by atoms with Crippen molar-refractivity contribution in [1.82, 2.24) is 0 Å². The number of ketones is 1. The van der Waals surface area contributed by atoms with Gasteiger partial charge in [-0.05, 0) is 45.6 Å². The van der Waals surface area contributed by atoms with E-state index in [1.54, 1.807) is 0 Å². The second-order valence-corrected chi connectivity index (χ2v) is 6.96. The van der Waals surface area contributed by atoms with Gasteiger partial charge in [0, 0.05) is 12.8 Å². The first-order valence-corrected chi connectivity index (χ1v) is 7.57. The zero-order valence-electron chi connectivity index (χ0n) is 13.3. The minimum Gasteiger partial charge on any atom is -0.459 e. The lowest BCUT2D eigenvalue weighted by Crippen LogP contribution is -2.30. The van der Waals surface area contributed by atoms with Crippen LogP contribution in [0.5, 0.6) is 0 Å². The third kappa shape index (κ3) is 4.16. The fraction of sp³-hybridized carbons (Fsp3) is 0.556. The van der Waals surface area contributed by atoms with Crippen molar-refractivity contribution in [2.45, 2.75) is 58.5 Å². The maximum atomic E-state index is 12.6. The minimum atomic E-state index is -0.511. The molecule has 1 fully saturated rings. The van der Waals surface area contributed by atoms with Crippen LogP contribution in [0, 0.1) is 12.8 Å². The van der Waals surface area contributed by atoms with Gasteiger partial charge in [0.05, 0.1) is 5.92 Å². The van der Waals surface area contributed by atoms with E-state index in [9.17, 15) is 9.59 Å². The van der Waals surface area contributed by atoms with E-state index >= 15 is 0 Å². The molecule has 0 saturated heterocycles. The number of carbonyl (C=O) groups is 2. The van der Waals surface area contributed by atoms with Gasteiger partial charge in [0.25, 0.3) is 0 Å². The summed E-state index contributed by atoms with van der Waals surface area (Å²) in [5, 5.41) is 0. The van der Waals surface area contributed by atoms with Crippen molar-refractivity contribution in [3.8, 4) is 0 Å². The molecule has 2 atom stereocenters. The predicted molar refractivity (Wildman–Crippen MR) is 82.1 cm³/mol. The number of hydrogen-bond acceptors (Lipinski definition) is 3. The predicted octanol–water partition coefficient (Wildman–Crippen LogP) is 3.79. The summed E-state index contributed by atoms with van der Waals surface area (Å²) in [7, 11) is 0. The molecule has 0 spiro atoms. The van der Waals surface area contributed by atoms with Crippen LogP contribution >= 0.6 is 0 Å². The number of rotatable bonds is 3. The Bertz CT molecular complexity index is 522. The van der Waals surface area contributed by atoms with Gasteiger partial charge in [-0.3, -0.25) is 9.59 Å². The van der Waals surface area contributed by atoms with E-state index in [1.165, 1.54) is 0 Å². The summed E-state index contributed by atoms with van der Waals surface area (Å²) in [6, 6.07) is 7.96. The Hall–Kier alpha value is -1.64. The van der Waals surface area contributed by atoms with Crippen molar-refractivity contribution in [3.05, 3.63) is 35.4 Å². The van der Waals surface area contributed by atoms with Crippen LogP contribution < -0.4 is 0 Å². The second-order valence-electron chi connectivity index (χ2n) is 6.96. The summed E-state index contributed by atoms with van der Waals surface area (Å²) >= 11 is 0. The summed E-state index contributed by atoms with van der Waals surface area (Å²) in [4.78, 5) is 24.2. The fourth-order valence-electron chi connectivity index (χ4n) is 2.87. The monoisotopic (exact) mass is 288 g/mol. The number of ether oxygens (including phenoxy) is 1. The van der Waals surface area contributed by atoms with Gasteiger partial charge in [0.1, 0.15) is 11.4 Å². The SMILES string of the molecule is Cc1ccc(C(C(=O)OC(C)(C)C)C2CCC(=O)C2)cc1. The molecule has 3 heteroatoms. The molecule has 0 amide bonds. The van der Waals surface area contributed by atoms with Gasteiger partial charge in [0.2, 0.25) is 0 Å². The second kappa shape index (κ2) is 6.00. The Balaban J connectivity index is 2.28. The van der Waals surface area contributed by atoms with Gasteiger partial charge < -0.3 is 4.74 Å². The van der Waals surface area contributed by atoms with Crippen molar-refractivity contribution in [3.63, 3.8) is 0 Å². The molecule has 2 rings (SSSR count). The largest absolute Gasteiger partial charge is 0.459 e. The first kappa shape index (κ1) is 15.7. The lowest BCUT2D eigenvalue weighted by molar-refractivity contribution is -0.158. The van der Waals surface area contributed by atoms with Gasteiger partial charge in [-0.1, -0.05) is 29.8 Å². The fourth-order valence-corrected chi connectivity index (χ4v) is 2.87. The zero-order valence-corrected chi connectivity index (χ0v) is 13.3. The van der Waals surface area contributed by atoms with Crippen molar-refractivity contribution in [2.75, 3.05) is 0 Å². The summed E-state index contributed by atoms with van der Waals surface area (Å²) in [5.41, 5.74) is 1.60. The third-order valence-electron chi connectivity index (χ3n) is 3.85. The average molecular weight is 288 g/mol. The summed E-state index contributed by atoms with van der Waals surface area (Å²) < 4.78 is 5.58. The highest BCUT2D eigenvalue weighted by Crippen LogP contribution is 2.37. The highest BCUT2D eigenvalue weighted by Gasteiger charge is 2.37. The first-order valence-electron chi connectivity index (χ1n) is 7.57. The highest BCUT2D eigenvalue weighted by atomic mass is 16.6. The molecule has 0 aliphatic heterocycles. The molecule has 1 aromatic rings. The van der Waals surface area contributed by atoms with Gasteiger partial charge in [-0.25, -0.2) is 0 Å². The molecule has 1 aliphatic rings. The molecular weight excluding hydrogens is 264 g/mol. The summed E-state index contributed by atoms with van der Waals surface area (Å²) in [6.07, 6.45) is 1.84. The molecule has 0 bridgehead atoms. The van der Waals surface area contributed by atoms with Crippen LogP contribution in [0.2, 0.25) is 0 Å². The van der Waals surface area contributed by atoms with Gasteiger partial charge >= 0.3 is 5.97 Å². The number of aryl methyl sites for hydroxylation is 1. The molecule has 0 aromatic heterocycles. The molecule has 0 heterocycles. The molecule has 21 heavy (non-hydrogen) atoms. The van der Waals surface area contributed by atoms with Crippen LogP contribution in [-0.2, 0) is 14.3 Å². The number of esters is 1. The third-order valence-corrected chi connectivity index (χ3v) is 3.85. The normalized spacial score (nSPS) is 20.4. The van der Waals surface area contributed by atoms with Crippen LogP contribution in [0.15, 0.2) is 24.3 Å². The highest BCUT2D eigenvalue weighted by molar-refractivity contribution is 5.84. The lowest BCUT2D eigenvalue weighted by atomic mass is 9.84. The molecule has 114 valence electrons. The Kier molecular flexibility index (Phi) is 4.50. The van der Waals surface area contributed by atoms with Crippen molar-refractivity contribution in [2.24, 2.45) is 5.92 Å². The first-order chi connectivity index (χ1) is 9.76. The number of carbonyl (C=O) groups excluding carboxylic acids is 2. The smallest absolute Gasteiger partial charge is 0.314 e. The van der Waals surface area contributed by atoms with E-state index in [0.29, 0.717) is 12.8 Å². The lowest BCUT2D eigenvalue weighted by Gasteiger charge is -2.27. The zero-order chi connectivity index (χ0) is 15.6. The van der Waals surface area contributed by atoms with Crippen molar-refractivity contribution in [1.29, 1.82) is 0 Å². The summed E-state index contributed by atoms with van der Waals surface area (Å²) in [5.74, 6) is -0.238. The number of benzene rings is 1. The molecule has 0 N–H and O–H groups in total. The van der Waals surface area contributed by atoms with E-state index < -0.39 is 5.60 Å². The van der Waals surface area contributed by atoms with Crippen LogP contribution in [0.3, 0.4) is 0 Å². The molecule has 1 saturated carbocycles. The molecule has 1 aromatic carbocycles. The standard InChI is InChI=1S/C18H24O3/c1-12-5-7-13(8-6-12)16(14-9-10-15(19)11-14)17(20)21-18(2,3)4/h5-8,14,16H,9-11H2,1-4H3.